The standard InChI is InChI=1S/C14H19NO3S2/c16-13(4-2-1-3-12-6-8-19-20-12)15-7-5-11(10-15)9-14(17)18/h5,7,10,12H,1-4,6,8-9H2,(H,17,18). The van der Waals surface area contributed by atoms with Crippen molar-refractivity contribution in [1.82, 2.24) is 4.57 Å². The molecule has 1 atom stereocenters. The Morgan fingerprint density at radius 3 is 2.95 bits per heavy atom. The summed E-state index contributed by atoms with van der Waals surface area (Å²) in [5.74, 6) is 0.432. The van der Waals surface area contributed by atoms with Crippen LogP contribution in [0.15, 0.2) is 18.5 Å². The van der Waals surface area contributed by atoms with Crippen molar-refractivity contribution in [2.45, 2.75) is 43.8 Å². The lowest BCUT2D eigenvalue weighted by molar-refractivity contribution is -0.136. The zero-order valence-corrected chi connectivity index (χ0v) is 12.9. The van der Waals surface area contributed by atoms with Crippen LogP contribution in [0.1, 0.15) is 42.5 Å². The highest BCUT2D eigenvalue weighted by Crippen LogP contribution is 2.39. The molecule has 1 aromatic heterocycles. The molecule has 1 aromatic rings. The van der Waals surface area contributed by atoms with Crippen molar-refractivity contribution < 1.29 is 14.7 Å². The maximum Gasteiger partial charge on any atom is 0.307 e. The second-order valence-electron chi connectivity index (χ2n) is 4.97. The summed E-state index contributed by atoms with van der Waals surface area (Å²) >= 11 is 0. The van der Waals surface area contributed by atoms with Crippen molar-refractivity contribution in [1.29, 1.82) is 0 Å². The molecule has 1 aliphatic heterocycles. The fraction of sp³-hybridized carbons (Fsp3) is 0.571. The van der Waals surface area contributed by atoms with Gasteiger partial charge in [0.25, 0.3) is 0 Å². The lowest BCUT2D eigenvalue weighted by atomic mass is 10.1. The van der Waals surface area contributed by atoms with Crippen LogP contribution in [0.5, 0.6) is 0 Å². The van der Waals surface area contributed by atoms with Gasteiger partial charge in [0.15, 0.2) is 0 Å². The summed E-state index contributed by atoms with van der Waals surface area (Å²) in [4.78, 5) is 22.5. The van der Waals surface area contributed by atoms with E-state index in [0.717, 1.165) is 18.1 Å². The zero-order valence-electron chi connectivity index (χ0n) is 11.3. The first-order valence-electron chi connectivity index (χ1n) is 6.85. The molecule has 1 N–H and O–H groups in total. The number of carboxylic acid groups (broad SMARTS) is 1. The molecular weight excluding hydrogens is 294 g/mol. The van der Waals surface area contributed by atoms with Gasteiger partial charge < -0.3 is 5.11 Å². The number of hydrogen-bond acceptors (Lipinski definition) is 4. The Labute approximate surface area is 126 Å². The van der Waals surface area contributed by atoms with Crippen LogP contribution in [0.4, 0.5) is 0 Å². The Morgan fingerprint density at radius 2 is 2.25 bits per heavy atom. The molecule has 4 nitrogen and oxygen atoms in total. The molecule has 0 amide bonds. The highest BCUT2D eigenvalue weighted by Gasteiger charge is 2.16. The maximum absolute atomic E-state index is 11.9. The van der Waals surface area contributed by atoms with Gasteiger partial charge in [-0.15, -0.1) is 0 Å². The third-order valence-corrected chi connectivity index (χ3v) is 6.30. The first-order chi connectivity index (χ1) is 9.65. The van der Waals surface area contributed by atoms with E-state index in [0.29, 0.717) is 12.0 Å². The van der Waals surface area contributed by atoms with Crippen molar-refractivity contribution in [2.75, 3.05) is 5.75 Å². The van der Waals surface area contributed by atoms with Gasteiger partial charge >= 0.3 is 5.97 Å². The van der Waals surface area contributed by atoms with E-state index >= 15 is 0 Å². The molecule has 20 heavy (non-hydrogen) atoms. The van der Waals surface area contributed by atoms with Crippen molar-refractivity contribution in [3.8, 4) is 0 Å². The third kappa shape index (κ3) is 4.90. The second-order valence-corrected chi connectivity index (χ2v) is 7.75. The van der Waals surface area contributed by atoms with Gasteiger partial charge in [-0.05, 0) is 30.9 Å². The number of hydrogen-bond donors (Lipinski definition) is 1. The molecule has 0 spiro atoms. The molecule has 1 fully saturated rings. The molecule has 2 rings (SSSR count). The summed E-state index contributed by atoms with van der Waals surface area (Å²) in [5.41, 5.74) is 0.672. The molecule has 0 aliphatic carbocycles. The van der Waals surface area contributed by atoms with E-state index in [1.165, 1.54) is 23.2 Å². The number of nitrogens with zero attached hydrogens (tertiary/aromatic N) is 1. The highest BCUT2D eigenvalue weighted by atomic mass is 33.1. The molecule has 0 bridgehead atoms. The van der Waals surface area contributed by atoms with Crippen LogP contribution in [0.2, 0.25) is 0 Å². The molecule has 0 radical (unpaired) electrons. The first-order valence-corrected chi connectivity index (χ1v) is 9.23. The Balaban J connectivity index is 1.68. The van der Waals surface area contributed by atoms with Crippen molar-refractivity contribution in [3.05, 3.63) is 24.0 Å². The maximum atomic E-state index is 11.9. The monoisotopic (exact) mass is 313 g/mol. The quantitative estimate of drug-likeness (QED) is 0.617. The lowest BCUT2D eigenvalue weighted by Crippen LogP contribution is -2.08. The van der Waals surface area contributed by atoms with Gasteiger partial charge in [0.05, 0.1) is 6.42 Å². The molecule has 1 aliphatic rings. The van der Waals surface area contributed by atoms with Crippen LogP contribution >= 0.6 is 21.6 Å². The van der Waals surface area contributed by atoms with Crippen molar-refractivity contribution >= 4 is 33.5 Å². The zero-order chi connectivity index (χ0) is 14.4. The first kappa shape index (κ1) is 15.5. The molecule has 6 heteroatoms. The summed E-state index contributed by atoms with van der Waals surface area (Å²) in [5, 5.41) is 9.46. The molecule has 0 saturated carbocycles. The van der Waals surface area contributed by atoms with E-state index in [9.17, 15) is 9.59 Å². The van der Waals surface area contributed by atoms with Gasteiger partial charge in [0, 0.05) is 29.8 Å². The predicted octanol–water partition coefficient (Wildman–Crippen LogP) is 3.47. The van der Waals surface area contributed by atoms with Crippen LogP contribution in [0, 0.1) is 0 Å². The summed E-state index contributed by atoms with van der Waals surface area (Å²) in [6.45, 7) is 0. The molecule has 110 valence electrons. The Bertz CT molecular complexity index is 467. The summed E-state index contributed by atoms with van der Waals surface area (Å²) in [6.07, 6.45) is 8.27. The number of aliphatic carboxylic acids is 1. The van der Waals surface area contributed by atoms with E-state index in [1.54, 1.807) is 18.5 Å². The average Bonchev–Trinajstić information content (AvgIpc) is 3.04. The van der Waals surface area contributed by atoms with Crippen molar-refractivity contribution in [2.24, 2.45) is 0 Å². The van der Waals surface area contributed by atoms with E-state index in [1.807, 2.05) is 21.6 Å². The predicted molar refractivity (Wildman–Crippen MR) is 83.3 cm³/mol. The number of carbonyl (C=O) groups is 2. The third-order valence-electron chi connectivity index (χ3n) is 3.29. The molecule has 0 aromatic carbocycles. The number of carboxylic acids is 1. The van der Waals surface area contributed by atoms with Gasteiger partial charge in [0.1, 0.15) is 0 Å². The fourth-order valence-corrected chi connectivity index (χ4v) is 5.24. The van der Waals surface area contributed by atoms with E-state index < -0.39 is 5.97 Å². The number of carbonyl (C=O) groups excluding carboxylic acids is 1. The van der Waals surface area contributed by atoms with Crippen molar-refractivity contribution in [3.63, 3.8) is 0 Å². The van der Waals surface area contributed by atoms with E-state index in [2.05, 4.69) is 0 Å². The van der Waals surface area contributed by atoms with Crippen LogP contribution in [0.3, 0.4) is 0 Å². The topological polar surface area (TPSA) is 59.3 Å². The molecule has 2 heterocycles. The Hall–Kier alpha value is -0.880. The smallest absolute Gasteiger partial charge is 0.307 e. The van der Waals surface area contributed by atoms with Gasteiger partial charge in [-0.3, -0.25) is 14.2 Å². The molecule has 1 unspecified atom stereocenters. The van der Waals surface area contributed by atoms with E-state index in [4.69, 9.17) is 5.11 Å². The lowest BCUT2D eigenvalue weighted by Gasteiger charge is -2.06. The van der Waals surface area contributed by atoms with E-state index in [-0.39, 0.29) is 12.3 Å². The second kappa shape index (κ2) is 7.78. The van der Waals surface area contributed by atoms with Crippen LogP contribution in [-0.4, -0.2) is 32.6 Å². The minimum Gasteiger partial charge on any atom is -0.481 e. The average molecular weight is 313 g/mol. The summed E-state index contributed by atoms with van der Waals surface area (Å²) in [6, 6.07) is 1.69. The number of rotatable bonds is 7. The number of aromatic nitrogens is 1. The van der Waals surface area contributed by atoms with Crippen LogP contribution < -0.4 is 0 Å². The largest absolute Gasteiger partial charge is 0.481 e. The Kier molecular flexibility index (Phi) is 6.04. The van der Waals surface area contributed by atoms with Crippen LogP contribution in [0.25, 0.3) is 0 Å². The fourth-order valence-electron chi connectivity index (χ4n) is 2.22. The van der Waals surface area contributed by atoms with Crippen LogP contribution in [-0.2, 0) is 11.2 Å². The van der Waals surface area contributed by atoms with Gasteiger partial charge in [-0.25, -0.2) is 0 Å². The Morgan fingerprint density at radius 1 is 1.40 bits per heavy atom. The minimum absolute atomic E-state index is 0.0309. The minimum atomic E-state index is -0.873. The summed E-state index contributed by atoms with van der Waals surface area (Å²) < 4.78 is 1.51. The van der Waals surface area contributed by atoms with Gasteiger partial charge in [-0.1, -0.05) is 28.0 Å². The number of unbranched alkanes of at least 4 members (excludes halogenated alkanes) is 1. The molecular formula is C14H19NO3S2. The highest BCUT2D eigenvalue weighted by molar-refractivity contribution is 8.77. The summed E-state index contributed by atoms with van der Waals surface area (Å²) in [7, 11) is 3.93. The molecule has 1 saturated heterocycles. The van der Waals surface area contributed by atoms with Gasteiger partial charge in [-0.2, -0.15) is 0 Å². The van der Waals surface area contributed by atoms with Gasteiger partial charge in [0.2, 0.25) is 5.91 Å². The normalized spacial score (nSPS) is 18.3. The SMILES string of the molecule is O=C(O)Cc1ccn(C(=O)CCCCC2CCSS2)c1.